The number of hydrogen-bond donors (Lipinski definition) is 2. The summed E-state index contributed by atoms with van der Waals surface area (Å²) < 4.78 is 26.0. The summed E-state index contributed by atoms with van der Waals surface area (Å²) >= 11 is 0. The first-order valence-corrected chi connectivity index (χ1v) is 24.5. The largest absolute Gasteiger partial charge is 0.455 e. The normalized spacial score (nSPS) is 21.6. The molecule has 324 valence electrons. The molecule has 2 N–H and O–H groups in total. The summed E-state index contributed by atoms with van der Waals surface area (Å²) in [6, 6.07) is -0.562. The maximum absolute atomic E-state index is 14.1. The van der Waals surface area contributed by atoms with Crippen LogP contribution in [0.4, 0.5) is 4.79 Å². The van der Waals surface area contributed by atoms with Crippen molar-refractivity contribution in [1.82, 2.24) is 19.8 Å². The number of ether oxygens (including phenoxy) is 3. The van der Waals surface area contributed by atoms with Crippen molar-refractivity contribution in [1.29, 1.82) is 0 Å². The number of H-pyrrole nitrogens is 1. The number of rotatable bonds is 22. The third-order valence-corrected chi connectivity index (χ3v) is 15.8. The van der Waals surface area contributed by atoms with Crippen molar-refractivity contribution in [2.24, 2.45) is 0 Å². The number of esters is 1. The molecule has 0 radical (unpaired) electrons. The van der Waals surface area contributed by atoms with Gasteiger partial charge in [-0.1, -0.05) is 91.2 Å². The summed E-state index contributed by atoms with van der Waals surface area (Å²) in [5, 5.41) is 2.92. The van der Waals surface area contributed by atoms with Gasteiger partial charge in [-0.3, -0.25) is 28.8 Å². The Labute approximate surface area is 342 Å². The molecule has 1 aromatic rings. The Morgan fingerprint density at radius 3 is 2.14 bits per heavy atom. The SMILES string of the molecule is CCCCCCCC/C=C\CCCCCCCC(=O)O[C@@H]1[C@@H](NC(=O)[C@@H]2CCCN2C(=O)OC(C)(C)C)[C@@H](CO[Si](C)(C)C(C)(C)C)O[C@H]1n1ccc(=O)[nH]c1=O. The van der Waals surface area contributed by atoms with E-state index in [1.165, 1.54) is 60.3 Å². The molecule has 1 aromatic heterocycles. The molecule has 0 spiro atoms. The lowest BCUT2D eigenvalue weighted by atomic mass is 10.1. The van der Waals surface area contributed by atoms with Crippen LogP contribution in [0.5, 0.6) is 0 Å². The van der Waals surface area contributed by atoms with Gasteiger partial charge in [-0.05, 0) is 83.8 Å². The van der Waals surface area contributed by atoms with Crippen LogP contribution in [-0.2, 0) is 28.2 Å². The van der Waals surface area contributed by atoms with Crippen LogP contribution in [0.25, 0.3) is 0 Å². The van der Waals surface area contributed by atoms with E-state index in [0.717, 1.165) is 38.5 Å². The number of carbonyl (C=O) groups excluding carboxylic acids is 3. The van der Waals surface area contributed by atoms with Crippen LogP contribution >= 0.6 is 0 Å². The fourth-order valence-corrected chi connectivity index (χ4v) is 7.94. The predicted molar refractivity (Wildman–Crippen MR) is 226 cm³/mol. The molecule has 5 atom stereocenters. The average Bonchev–Trinajstić information content (AvgIpc) is 3.74. The van der Waals surface area contributed by atoms with Crippen molar-refractivity contribution in [3.05, 3.63) is 45.3 Å². The quantitative estimate of drug-likeness (QED) is 0.0508. The van der Waals surface area contributed by atoms with Crippen LogP contribution in [0.3, 0.4) is 0 Å². The average molecular weight is 819 g/mol. The Bertz CT molecular complexity index is 1560. The maximum Gasteiger partial charge on any atom is 0.410 e. The van der Waals surface area contributed by atoms with Crippen LogP contribution in [0, 0.1) is 0 Å². The van der Waals surface area contributed by atoms with E-state index in [0.29, 0.717) is 25.8 Å². The van der Waals surface area contributed by atoms with Gasteiger partial charge in [0.15, 0.2) is 20.6 Å². The molecule has 2 saturated heterocycles. The summed E-state index contributed by atoms with van der Waals surface area (Å²) in [5.41, 5.74) is -2.07. The maximum atomic E-state index is 14.1. The number of amides is 2. The number of nitrogens with zero attached hydrogens (tertiary/aromatic N) is 2. The minimum atomic E-state index is -2.33. The molecule has 0 aliphatic carbocycles. The lowest BCUT2D eigenvalue weighted by molar-refractivity contribution is -0.156. The molecule has 0 unspecified atom stereocenters. The lowest BCUT2D eigenvalue weighted by Crippen LogP contribution is -2.56. The fraction of sp³-hybridized carbons (Fsp3) is 0.791. The molecule has 57 heavy (non-hydrogen) atoms. The number of carbonyl (C=O) groups is 3. The second-order valence-electron chi connectivity index (χ2n) is 18.3. The van der Waals surface area contributed by atoms with Gasteiger partial charge in [0.2, 0.25) is 5.91 Å². The van der Waals surface area contributed by atoms with E-state index >= 15 is 0 Å². The summed E-state index contributed by atoms with van der Waals surface area (Å²) in [5.74, 6) is -0.929. The second-order valence-corrected chi connectivity index (χ2v) is 23.1. The highest BCUT2D eigenvalue weighted by molar-refractivity contribution is 6.74. The minimum absolute atomic E-state index is 0.0543. The summed E-state index contributed by atoms with van der Waals surface area (Å²) in [6.07, 6.45) is 18.1. The van der Waals surface area contributed by atoms with Gasteiger partial charge in [0, 0.05) is 25.2 Å². The van der Waals surface area contributed by atoms with Crippen LogP contribution in [0.1, 0.15) is 157 Å². The van der Waals surface area contributed by atoms with Crippen molar-refractivity contribution < 1.29 is 33.0 Å². The zero-order valence-electron chi connectivity index (χ0n) is 36.5. The minimum Gasteiger partial charge on any atom is -0.455 e. The van der Waals surface area contributed by atoms with Crippen molar-refractivity contribution in [3.63, 3.8) is 0 Å². The number of aromatic nitrogens is 2. The second kappa shape index (κ2) is 22.8. The molecule has 3 heterocycles. The van der Waals surface area contributed by atoms with Crippen molar-refractivity contribution in [2.75, 3.05) is 13.2 Å². The first-order valence-electron chi connectivity index (χ1n) is 21.6. The monoisotopic (exact) mass is 819 g/mol. The topological polar surface area (TPSA) is 158 Å². The van der Waals surface area contributed by atoms with E-state index in [1.54, 1.807) is 20.8 Å². The van der Waals surface area contributed by atoms with Crippen LogP contribution in [0.15, 0.2) is 34.0 Å². The Morgan fingerprint density at radius 1 is 0.930 bits per heavy atom. The molecule has 0 saturated carbocycles. The predicted octanol–water partition coefficient (Wildman–Crippen LogP) is 8.29. The number of hydrogen-bond acceptors (Lipinski definition) is 9. The molecule has 14 heteroatoms. The summed E-state index contributed by atoms with van der Waals surface area (Å²) in [4.78, 5) is 69.6. The molecule has 2 fully saturated rings. The standard InChI is InChI=1S/C43H74N4O9Si/c1-10-11-12-13-14-15-16-17-18-19-20-21-22-23-24-27-35(49)55-37-36(45-38(50)32-26-25-29-46(32)41(52)56-42(2,3)4)33(31-53-57(8,9)43(5,6)7)54-39(37)47-30-28-34(48)44-40(47)51/h17-18,28,30,32-33,36-37,39H,10-16,19-27,29,31H2,1-9H3,(H,45,50)(H,44,48,51)/b18-17-/t32-,33+,36-,37+,39+/m0/s1. The highest BCUT2D eigenvalue weighted by Crippen LogP contribution is 2.38. The molecule has 2 aliphatic heterocycles. The zero-order chi connectivity index (χ0) is 42.2. The Morgan fingerprint density at radius 2 is 1.54 bits per heavy atom. The van der Waals surface area contributed by atoms with E-state index in [4.69, 9.17) is 18.6 Å². The lowest BCUT2D eigenvalue weighted by Gasteiger charge is -2.37. The van der Waals surface area contributed by atoms with E-state index in [-0.39, 0.29) is 18.1 Å². The van der Waals surface area contributed by atoms with Gasteiger partial charge in [-0.25, -0.2) is 9.59 Å². The Hall–Kier alpha value is -3.23. The van der Waals surface area contributed by atoms with Gasteiger partial charge in [0.25, 0.3) is 5.56 Å². The molecule has 13 nitrogen and oxygen atoms in total. The van der Waals surface area contributed by atoms with Crippen molar-refractivity contribution in [3.8, 4) is 0 Å². The summed E-state index contributed by atoms with van der Waals surface area (Å²) in [6.45, 7) is 18.5. The fourth-order valence-electron chi connectivity index (χ4n) is 6.93. The first kappa shape index (κ1) is 48.1. The van der Waals surface area contributed by atoms with Gasteiger partial charge >= 0.3 is 17.8 Å². The molecule has 0 bridgehead atoms. The number of likely N-dealkylation sites (tertiary alicyclic amines) is 1. The highest BCUT2D eigenvalue weighted by atomic mass is 28.4. The van der Waals surface area contributed by atoms with E-state index in [9.17, 15) is 24.0 Å². The van der Waals surface area contributed by atoms with Gasteiger partial charge in [-0.2, -0.15) is 0 Å². The van der Waals surface area contributed by atoms with E-state index < -0.39 is 73.7 Å². The van der Waals surface area contributed by atoms with E-state index in [1.807, 2.05) is 0 Å². The number of aromatic amines is 1. The zero-order valence-corrected chi connectivity index (χ0v) is 37.5. The molecule has 0 aromatic carbocycles. The van der Waals surface area contributed by atoms with Crippen molar-refractivity contribution in [2.45, 2.75) is 205 Å². The molecule has 2 aliphatic rings. The van der Waals surface area contributed by atoms with Gasteiger partial charge in [0.1, 0.15) is 17.7 Å². The molecular formula is C43H74N4O9Si. The van der Waals surface area contributed by atoms with Crippen LogP contribution < -0.4 is 16.6 Å². The highest BCUT2D eigenvalue weighted by Gasteiger charge is 2.51. The third-order valence-electron chi connectivity index (χ3n) is 11.3. The molecular weight excluding hydrogens is 745 g/mol. The van der Waals surface area contributed by atoms with Gasteiger partial charge < -0.3 is 24.0 Å². The molecule has 3 rings (SSSR count). The van der Waals surface area contributed by atoms with Crippen molar-refractivity contribution >= 4 is 26.3 Å². The molecule has 2 amide bonds. The van der Waals surface area contributed by atoms with Gasteiger partial charge in [-0.15, -0.1) is 0 Å². The van der Waals surface area contributed by atoms with E-state index in [2.05, 4.69) is 63.2 Å². The van der Waals surface area contributed by atoms with Crippen LogP contribution in [-0.4, -0.2) is 83.8 Å². The summed E-state index contributed by atoms with van der Waals surface area (Å²) in [7, 11) is -2.33. The first-order chi connectivity index (χ1) is 26.8. The number of allylic oxidation sites excluding steroid dienone is 2. The Balaban J connectivity index is 1.71. The Kier molecular flexibility index (Phi) is 19.2. The van der Waals surface area contributed by atoms with Crippen LogP contribution in [0.2, 0.25) is 18.1 Å². The van der Waals surface area contributed by atoms with Gasteiger partial charge in [0.05, 0.1) is 12.6 Å². The third kappa shape index (κ3) is 15.8. The smallest absolute Gasteiger partial charge is 0.410 e. The number of nitrogens with one attached hydrogen (secondary N) is 2. The number of unbranched alkanes of at least 4 members (excludes halogenated alkanes) is 11.